The monoisotopic (exact) mass is 333 g/mol. The first-order valence-electron chi connectivity index (χ1n) is 6.44. The van der Waals surface area contributed by atoms with Gasteiger partial charge in [-0.1, -0.05) is 18.2 Å². The molecule has 0 aliphatic carbocycles. The molecule has 0 radical (unpaired) electrons. The van der Waals surface area contributed by atoms with Crippen LogP contribution in [0.2, 0.25) is 0 Å². The van der Waals surface area contributed by atoms with E-state index in [9.17, 15) is 14.4 Å². The van der Waals surface area contributed by atoms with E-state index in [0.29, 0.717) is 10.8 Å². The smallest absolute Gasteiger partial charge is 0.293 e. The Balaban J connectivity index is 1.68. The van der Waals surface area contributed by atoms with Gasteiger partial charge < -0.3 is 5.32 Å². The van der Waals surface area contributed by atoms with Crippen molar-refractivity contribution < 1.29 is 14.4 Å². The van der Waals surface area contributed by atoms with E-state index >= 15 is 0 Å². The van der Waals surface area contributed by atoms with Gasteiger partial charge in [-0.05, 0) is 23.9 Å². The first kappa shape index (κ1) is 14.7. The van der Waals surface area contributed by atoms with E-state index in [0.717, 1.165) is 16.7 Å². The third kappa shape index (κ3) is 3.02. The van der Waals surface area contributed by atoms with Crippen molar-refractivity contribution in [2.24, 2.45) is 0 Å². The van der Waals surface area contributed by atoms with Crippen molar-refractivity contribution in [3.8, 4) is 0 Å². The number of amides is 3. The van der Waals surface area contributed by atoms with Crippen LogP contribution in [0.25, 0.3) is 0 Å². The average Bonchev–Trinajstić information content (AvgIpc) is 3.09. The zero-order valence-electron chi connectivity index (χ0n) is 11.3. The van der Waals surface area contributed by atoms with Crippen LogP contribution in [0, 0.1) is 0 Å². The molecule has 2 aromatic rings. The van der Waals surface area contributed by atoms with E-state index in [1.54, 1.807) is 41.9 Å². The quantitative estimate of drug-likeness (QED) is 0.930. The molecular formula is C14H11N3O3S2. The molecule has 1 saturated heterocycles. The highest BCUT2D eigenvalue weighted by molar-refractivity contribution is 8.15. The Hall–Kier alpha value is -2.19. The van der Waals surface area contributed by atoms with Crippen LogP contribution in [0.5, 0.6) is 0 Å². The molecule has 1 fully saturated rings. The Bertz CT molecular complexity index is 703. The van der Waals surface area contributed by atoms with E-state index in [1.165, 1.54) is 11.3 Å². The van der Waals surface area contributed by atoms with Gasteiger partial charge in [0.25, 0.3) is 5.24 Å². The fourth-order valence-electron chi connectivity index (χ4n) is 2.02. The van der Waals surface area contributed by atoms with E-state index in [4.69, 9.17) is 0 Å². The van der Waals surface area contributed by atoms with Crippen LogP contribution < -0.4 is 10.2 Å². The van der Waals surface area contributed by atoms with Gasteiger partial charge in [-0.15, -0.1) is 11.3 Å². The number of hydrogen-bond acceptors (Lipinski definition) is 6. The number of benzene rings is 1. The molecule has 0 saturated carbocycles. The summed E-state index contributed by atoms with van der Waals surface area (Å²) < 4.78 is 0. The van der Waals surface area contributed by atoms with Gasteiger partial charge in [0.2, 0.25) is 11.8 Å². The Morgan fingerprint density at radius 1 is 1.27 bits per heavy atom. The van der Waals surface area contributed by atoms with Gasteiger partial charge in [0.15, 0.2) is 5.13 Å². The first-order valence-corrected chi connectivity index (χ1v) is 8.20. The van der Waals surface area contributed by atoms with Crippen molar-refractivity contribution >= 4 is 51.0 Å². The number of thioether (sulfide) groups is 1. The van der Waals surface area contributed by atoms with Crippen LogP contribution >= 0.6 is 23.1 Å². The predicted octanol–water partition coefficient (Wildman–Crippen LogP) is 2.74. The molecule has 112 valence electrons. The maximum absolute atomic E-state index is 12.3. The molecule has 0 unspecified atom stereocenters. The molecule has 8 heteroatoms. The maximum Gasteiger partial charge on any atom is 0.293 e. The molecule has 0 spiro atoms. The molecule has 3 amide bonds. The van der Waals surface area contributed by atoms with Gasteiger partial charge in [0, 0.05) is 18.0 Å². The van der Waals surface area contributed by atoms with Crippen molar-refractivity contribution in [3.63, 3.8) is 0 Å². The van der Waals surface area contributed by atoms with Crippen LogP contribution in [0.3, 0.4) is 0 Å². The normalized spacial score (nSPS) is 17.8. The fourth-order valence-corrected chi connectivity index (χ4v) is 3.55. The van der Waals surface area contributed by atoms with Gasteiger partial charge in [0.05, 0.1) is 5.69 Å². The number of hydrogen-bond donors (Lipinski definition) is 1. The van der Waals surface area contributed by atoms with Crippen LogP contribution in [0.4, 0.5) is 15.6 Å². The van der Waals surface area contributed by atoms with Crippen molar-refractivity contribution in [1.29, 1.82) is 0 Å². The third-order valence-electron chi connectivity index (χ3n) is 2.99. The van der Waals surface area contributed by atoms with Crippen molar-refractivity contribution in [3.05, 3.63) is 41.9 Å². The summed E-state index contributed by atoms with van der Waals surface area (Å²) in [5.41, 5.74) is 0.521. The number of anilines is 2. The summed E-state index contributed by atoms with van der Waals surface area (Å²) in [7, 11) is 0. The molecule has 22 heavy (non-hydrogen) atoms. The molecule has 1 N–H and O–H groups in total. The van der Waals surface area contributed by atoms with Crippen molar-refractivity contribution in [2.75, 3.05) is 10.2 Å². The van der Waals surface area contributed by atoms with Gasteiger partial charge >= 0.3 is 0 Å². The van der Waals surface area contributed by atoms with Gasteiger partial charge in [-0.2, -0.15) is 0 Å². The van der Waals surface area contributed by atoms with Gasteiger partial charge in [-0.3, -0.25) is 14.4 Å². The second-order valence-corrected chi connectivity index (χ2v) is 6.52. The molecule has 1 atom stereocenters. The SMILES string of the molecule is O=C(C[C@@H]1SC(=O)N(c2ccccc2)C1=O)Nc1nccs1. The number of carbonyl (C=O) groups is 3. The number of carbonyl (C=O) groups excluding carboxylic acids is 3. The number of nitrogens with one attached hydrogen (secondary N) is 1. The number of imide groups is 1. The summed E-state index contributed by atoms with van der Waals surface area (Å²) in [5, 5.41) is 3.77. The Kier molecular flexibility index (Phi) is 4.21. The average molecular weight is 333 g/mol. The van der Waals surface area contributed by atoms with Crippen LogP contribution in [-0.2, 0) is 9.59 Å². The minimum atomic E-state index is -0.701. The highest BCUT2D eigenvalue weighted by atomic mass is 32.2. The summed E-state index contributed by atoms with van der Waals surface area (Å²) >= 11 is 2.17. The van der Waals surface area contributed by atoms with Crippen molar-refractivity contribution in [2.45, 2.75) is 11.7 Å². The zero-order chi connectivity index (χ0) is 15.5. The summed E-state index contributed by atoms with van der Waals surface area (Å²) in [6, 6.07) is 8.69. The first-order chi connectivity index (χ1) is 10.6. The van der Waals surface area contributed by atoms with E-state index in [2.05, 4.69) is 10.3 Å². The Morgan fingerprint density at radius 2 is 2.05 bits per heavy atom. The summed E-state index contributed by atoms with van der Waals surface area (Å²) in [4.78, 5) is 41.3. The summed E-state index contributed by atoms with van der Waals surface area (Å²) in [5.74, 6) is -0.695. The summed E-state index contributed by atoms with van der Waals surface area (Å²) in [6.45, 7) is 0. The molecule has 6 nitrogen and oxygen atoms in total. The third-order valence-corrected chi connectivity index (χ3v) is 4.71. The predicted molar refractivity (Wildman–Crippen MR) is 86.1 cm³/mol. The number of nitrogens with zero attached hydrogens (tertiary/aromatic N) is 2. The van der Waals surface area contributed by atoms with Crippen LogP contribution in [0.1, 0.15) is 6.42 Å². The van der Waals surface area contributed by atoms with E-state index in [1.807, 2.05) is 0 Å². The molecule has 1 aliphatic heterocycles. The minimum Gasteiger partial charge on any atom is -0.302 e. The second-order valence-electron chi connectivity index (χ2n) is 4.47. The topological polar surface area (TPSA) is 79.4 Å². The maximum atomic E-state index is 12.3. The number of para-hydroxylation sites is 1. The molecule has 1 aromatic heterocycles. The fraction of sp³-hybridized carbons (Fsp3) is 0.143. The highest BCUT2D eigenvalue weighted by Crippen LogP contribution is 2.33. The molecule has 1 aliphatic rings. The van der Waals surface area contributed by atoms with Crippen LogP contribution in [-0.4, -0.2) is 27.3 Å². The summed E-state index contributed by atoms with van der Waals surface area (Å²) in [6.07, 6.45) is 1.52. The van der Waals surface area contributed by atoms with Gasteiger partial charge in [0.1, 0.15) is 5.25 Å². The van der Waals surface area contributed by atoms with E-state index < -0.39 is 5.25 Å². The standard InChI is InChI=1S/C14H11N3O3S2/c18-11(16-13-15-6-7-21-13)8-10-12(19)17(14(20)22-10)9-4-2-1-3-5-9/h1-7,10H,8H2,(H,15,16,18)/t10-/m0/s1. The highest BCUT2D eigenvalue weighted by Gasteiger charge is 2.41. The lowest BCUT2D eigenvalue weighted by atomic mass is 10.2. The van der Waals surface area contributed by atoms with E-state index in [-0.39, 0.29) is 23.5 Å². The lowest BCUT2D eigenvalue weighted by Gasteiger charge is -2.13. The number of aromatic nitrogens is 1. The van der Waals surface area contributed by atoms with Crippen LogP contribution in [0.15, 0.2) is 41.9 Å². The second kappa shape index (κ2) is 6.29. The lowest BCUT2D eigenvalue weighted by Crippen LogP contribution is -2.32. The molecule has 0 bridgehead atoms. The Labute approximate surface area is 134 Å². The lowest BCUT2D eigenvalue weighted by molar-refractivity contribution is -0.121. The van der Waals surface area contributed by atoms with Gasteiger partial charge in [-0.25, -0.2) is 9.88 Å². The molecule has 1 aromatic carbocycles. The molecular weight excluding hydrogens is 322 g/mol. The zero-order valence-corrected chi connectivity index (χ0v) is 12.9. The van der Waals surface area contributed by atoms with Crippen molar-refractivity contribution in [1.82, 2.24) is 4.98 Å². The number of rotatable bonds is 4. The number of thiazole rings is 1. The minimum absolute atomic E-state index is 0.0574. The molecule has 2 heterocycles. The largest absolute Gasteiger partial charge is 0.302 e. The molecule has 3 rings (SSSR count). The Morgan fingerprint density at radius 3 is 2.73 bits per heavy atom.